The molecule has 1 atom stereocenters. The fourth-order valence-corrected chi connectivity index (χ4v) is 2.98. The number of esters is 1. The maximum absolute atomic E-state index is 11.7. The molecule has 0 aliphatic heterocycles. The average Bonchev–Trinajstić information content (AvgIpc) is 2.32. The molecule has 0 spiro atoms. The molecule has 0 N–H and O–H groups in total. The highest BCUT2D eigenvalue weighted by Gasteiger charge is 2.20. The quantitative estimate of drug-likeness (QED) is 0.584. The molecule has 0 aliphatic carbocycles. The number of aryl methyl sites for hydroxylation is 2. The molecule has 1 unspecified atom stereocenters. The van der Waals surface area contributed by atoms with E-state index in [1.165, 1.54) is 24.4 Å². The summed E-state index contributed by atoms with van der Waals surface area (Å²) in [6.07, 6.45) is 2.94. The normalized spacial score (nSPS) is 12.2. The van der Waals surface area contributed by atoms with Gasteiger partial charge in [0.1, 0.15) is 5.25 Å². The molecule has 3 nitrogen and oxygen atoms in total. The second-order valence-electron chi connectivity index (χ2n) is 4.40. The summed E-state index contributed by atoms with van der Waals surface area (Å²) in [7, 11) is 1.44. The van der Waals surface area contributed by atoms with Crippen LogP contribution in [0, 0.1) is 13.8 Å². The number of pyridine rings is 1. The van der Waals surface area contributed by atoms with Crippen molar-refractivity contribution < 1.29 is 9.53 Å². The van der Waals surface area contributed by atoms with Gasteiger partial charge < -0.3 is 4.74 Å². The average molecular weight is 267 g/mol. The Kier molecular flexibility index (Phi) is 6.19. The zero-order valence-corrected chi connectivity index (χ0v) is 12.3. The van der Waals surface area contributed by atoms with E-state index in [0.717, 1.165) is 30.0 Å². The van der Waals surface area contributed by atoms with Crippen molar-refractivity contribution in [2.75, 3.05) is 7.11 Å². The van der Waals surface area contributed by atoms with Crippen LogP contribution in [0.5, 0.6) is 0 Å². The Hall–Kier alpha value is -1.03. The van der Waals surface area contributed by atoms with Crippen molar-refractivity contribution in [1.29, 1.82) is 0 Å². The number of carbonyl (C=O) groups is 1. The van der Waals surface area contributed by atoms with Gasteiger partial charge in [-0.3, -0.25) is 4.79 Å². The molecule has 0 saturated heterocycles. The number of thioether (sulfide) groups is 1. The van der Waals surface area contributed by atoms with E-state index in [2.05, 4.69) is 11.9 Å². The van der Waals surface area contributed by atoms with Gasteiger partial charge in [0.15, 0.2) is 0 Å². The van der Waals surface area contributed by atoms with Gasteiger partial charge in [0.05, 0.1) is 12.1 Å². The molecule has 4 heteroatoms. The molecular weight excluding hydrogens is 246 g/mol. The van der Waals surface area contributed by atoms with Gasteiger partial charge in [-0.15, -0.1) is 0 Å². The summed E-state index contributed by atoms with van der Waals surface area (Å²) in [6.45, 7) is 6.13. The van der Waals surface area contributed by atoms with Crippen molar-refractivity contribution in [3.63, 3.8) is 0 Å². The van der Waals surface area contributed by atoms with Crippen LogP contribution in [0.15, 0.2) is 17.2 Å². The van der Waals surface area contributed by atoms with Gasteiger partial charge in [-0.2, -0.15) is 0 Å². The fourth-order valence-electron chi connectivity index (χ4n) is 1.76. The fraction of sp³-hybridized carbons (Fsp3) is 0.571. The molecule has 0 fully saturated rings. The highest BCUT2D eigenvalue weighted by Crippen LogP contribution is 2.27. The number of nitrogens with zero attached hydrogens (tertiary/aromatic N) is 1. The number of hydrogen-bond acceptors (Lipinski definition) is 4. The number of carbonyl (C=O) groups excluding carboxylic acids is 1. The van der Waals surface area contributed by atoms with E-state index in [0.29, 0.717) is 0 Å². The highest BCUT2D eigenvalue weighted by atomic mass is 32.2. The molecular formula is C14H21NO2S. The van der Waals surface area contributed by atoms with E-state index in [1.54, 1.807) is 0 Å². The van der Waals surface area contributed by atoms with Crippen LogP contribution < -0.4 is 0 Å². The van der Waals surface area contributed by atoms with Gasteiger partial charge in [-0.1, -0.05) is 31.5 Å². The van der Waals surface area contributed by atoms with E-state index in [9.17, 15) is 4.79 Å². The van der Waals surface area contributed by atoms with Crippen molar-refractivity contribution in [3.8, 4) is 0 Å². The maximum atomic E-state index is 11.7. The summed E-state index contributed by atoms with van der Waals surface area (Å²) in [4.78, 5) is 16.2. The first kappa shape index (κ1) is 15.0. The van der Waals surface area contributed by atoms with Crippen LogP contribution >= 0.6 is 11.8 Å². The number of ether oxygens (including phenoxy) is 1. The summed E-state index contributed by atoms with van der Waals surface area (Å²) in [5, 5.41) is 0.752. The molecule has 100 valence electrons. The standard InChI is InChI=1S/C14H21NO2S/c1-5-6-7-12(14(16)17-4)18-13-9-10(2)8-11(3)15-13/h8-9,12H,5-7H2,1-4H3. The predicted molar refractivity (Wildman–Crippen MR) is 74.9 cm³/mol. The number of unbranched alkanes of at least 4 members (excludes halogenated alkanes) is 1. The first-order valence-electron chi connectivity index (χ1n) is 6.26. The summed E-state index contributed by atoms with van der Waals surface area (Å²) in [5.41, 5.74) is 2.15. The Morgan fingerprint density at radius 2 is 2.17 bits per heavy atom. The van der Waals surface area contributed by atoms with Crippen LogP contribution in [0.2, 0.25) is 0 Å². The molecule has 18 heavy (non-hydrogen) atoms. The van der Waals surface area contributed by atoms with E-state index in [4.69, 9.17) is 4.74 Å². The van der Waals surface area contributed by atoms with Gasteiger partial charge >= 0.3 is 5.97 Å². The second kappa shape index (κ2) is 7.41. The van der Waals surface area contributed by atoms with Crippen LogP contribution in [0.3, 0.4) is 0 Å². The third-order valence-electron chi connectivity index (χ3n) is 2.62. The van der Waals surface area contributed by atoms with Crippen LogP contribution in [-0.4, -0.2) is 23.3 Å². The van der Waals surface area contributed by atoms with E-state index < -0.39 is 0 Å². The van der Waals surface area contributed by atoms with Crippen LogP contribution in [0.25, 0.3) is 0 Å². The Balaban J connectivity index is 2.78. The number of methoxy groups -OCH3 is 1. The summed E-state index contributed by atoms with van der Waals surface area (Å²) in [6, 6.07) is 4.04. The summed E-state index contributed by atoms with van der Waals surface area (Å²) < 4.78 is 4.85. The number of aromatic nitrogens is 1. The highest BCUT2D eigenvalue weighted by molar-refractivity contribution is 8.00. The molecule has 1 aromatic heterocycles. The van der Waals surface area contributed by atoms with Crippen molar-refractivity contribution in [2.24, 2.45) is 0 Å². The van der Waals surface area contributed by atoms with E-state index >= 15 is 0 Å². The Morgan fingerprint density at radius 3 is 2.72 bits per heavy atom. The smallest absolute Gasteiger partial charge is 0.319 e. The van der Waals surface area contributed by atoms with Crippen molar-refractivity contribution in [3.05, 3.63) is 23.4 Å². The topological polar surface area (TPSA) is 39.2 Å². The predicted octanol–water partition coefficient (Wildman–Crippen LogP) is 3.52. The monoisotopic (exact) mass is 267 g/mol. The first-order valence-corrected chi connectivity index (χ1v) is 7.14. The minimum atomic E-state index is -0.158. The molecule has 1 aromatic rings. The molecule has 1 rings (SSSR count). The van der Waals surface area contributed by atoms with Crippen LogP contribution in [0.4, 0.5) is 0 Å². The van der Waals surface area contributed by atoms with Crippen molar-refractivity contribution in [1.82, 2.24) is 4.98 Å². The maximum Gasteiger partial charge on any atom is 0.319 e. The Bertz CT molecular complexity index is 387. The van der Waals surface area contributed by atoms with Gasteiger partial charge in [-0.05, 0) is 38.0 Å². The Morgan fingerprint density at radius 1 is 1.44 bits per heavy atom. The Labute approximate surface area is 113 Å². The van der Waals surface area contributed by atoms with Crippen LogP contribution in [0.1, 0.15) is 37.4 Å². The second-order valence-corrected chi connectivity index (χ2v) is 5.62. The molecule has 0 amide bonds. The van der Waals surface area contributed by atoms with Gasteiger partial charge in [-0.25, -0.2) is 4.98 Å². The van der Waals surface area contributed by atoms with E-state index in [-0.39, 0.29) is 11.2 Å². The van der Waals surface area contributed by atoms with Crippen molar-refractivity contribution >= 4 is 17.7 Å². The zero-order valence-electron chi connectivity index (χ0n) is 11.5. The lowest BCUT2D eigenvalue weighted by molar-refractivity contribution is -0.140. The third kappa shape index (κ3) is 4.69. The molecule has 0 aliphatic rings. The lowest BCUT2D eigenvalue weighted by Gasteiger charge is -2.13. The molecule has 1 heterocycles. The van der Waals surface area contributed by atoms with Crippen molar-refractivity contribution in [2.45, 2.75) is 50.3 Å². The number of rotatable bonds is 6. The van der Waals surface area contributed by atoms with Gasteiger partial charge in [0, 0.05) is 5.69 Å². The first-order chi connectivity index (χ1) is 8.56. The minimum Gasteiger partial charge on any atom is -0.468 e. The lowest BCUT2D eigenvalue weighted by Crippen LogP contribution is -2.19. The minimum absolute atomic E-state index is 0.149. The molecule has 0 saturated carbocycles. The van der Waals surface area contributed by atoms with Gasteiger partial charge in [0.25, 0.3) is 0 Å². The SMILES string of the molecule is CCCCC(Sc1cc(C)cc(C)n1)C(=O)OC. The van der Waals surface area contributed by atoms with Gasteiger partial charge in [0.2, 0.25) is 0 Å². The number of hydrogen-bond donors (Lipinski definition) is 0. The third-order valence-corrected chi connectivity index (χ3v) is 3.78. The molecule has 0 radical (unpaired) electrons. The molecule has 0 bridgehead atoms. The zero-order chi connectivity index (χ0) is 13.5. The largest absolute Gasteiger partial charge is 0.468 e. The van der Waals surface area contributed by atoms with Crippen LogP contribution in [-0.2, 0) is 9.53 Å². The lowest BCUT2D eigenvalue weighted by atomic mass is 10.2. The summed E-state index contributed by atoms with van der Waals surface area (Å²) >= 11 is 1.50. The molecule has 0 aromatic carbocycles. The van der Waals surface area contributed by atoms with E-state index in [1.807, 2.05) is 26.0 Å². The summed E-state index contributed by atoms with van der Waals surface area (Å²) in [5.74, 6) is -0.158.